The molecule has 1 amide bonds. The Labute approximate surface area is 159 Å². The van der Waals surface area contributed by atoms with Gasteiger partial charge in [0.2, 0.25) is 0 Å². The van der Waals surface area contributed by atoms with Crippen LogP contribution in [0.15, 0.2) is 30.5 Å². The molecule has 2 N–H and O–H groups in total. The van der Waals surface area contributed by atoms with Gasteiger partial charge in [0, 0.05) is 26.2 Å². The van der Waals surface area contributed by atoms with Crippen molar-refractivity contribution in [3.05, 3.63) is 41.6 Å². The molecular formula is C21H26N4O2. The van der Waals surface area contributed by atoms with Gasteiger partial charge in [-0.15, -0.1) is 0 Å². The summed E-state index contributed by atoms with van der Waals surface area (Å²) in [4.78, 5) is 21.3. The molecule has 0 bridgehead atoms. The summed E-state index contributed by atoms with van der Waals surface area (Å²) in [5.41, 5.74) is 4.45. The Morgan fingerprint density at radius 3 is 2.59 bits per heavy atom. The van der Waals surface area contributed by atoms with E-state index in [0.717, 1.165) is 54.1 Å². The molecule has 0 unspecified atom stereocenters. The van der Waals surface area contributed by atoms with Gasteiger partial charge in [0.25, 0.3) is 5.91 Å². The molecule has 0 radical (unpaired) electrons. The number of para-hydroxylation sites is 1. The Balaban J connectivity index is 1.71. The fourth-order valence-electron chi connectivity index (χ4n) is 4.16. The van der Waals surface area contributed by atoms with Crippen LogP contribution in [0, 0.1) is 6.92 Å². The van der Waals surface area contributed by atoms with E-state index in [9.17, 15) is 9.90 Å². The Hall–Kier alpha value is -2.60. The number of carbonyl (C=O) groups is 1. The van der Waals surface area contributed by atoms with Crippen LogP contribution in [0.5, 0.6) is 0 Å². The van der Waals surface area contributed by atoms with Crippen molar-refractivity contribution in [1.82, 2.24) is 4.98 Å². The van der Waals surface area contributed by atoms with Gasteiger partial charge in [-0.2, -0.15) is 0 Å². The third kappa shape index (κ3) is 3.14. The largest absolute Gasteiger partial charge is 0.393 e. The number of fused-ring (bicyclic) bond motifs is 2. The number of benzene rings is 1. The normalized spacial score (nSPS) is 22.1. The number of amides is 1. The van der Waals surface area contributed by atoms with Crippen molar-refractivity contribution < 1.29 is 9.90 Å². The number of aliphatic hydroxyl groups is 1. The minimum absolute atomic E-state index is 0.0249. The van der Waals surface area contributed by atoms with Crippen LogP contribution in [0.25, 0.3) is 0 Å². The summed E-state index contributed by atoms with van der Waals surface area (Å²) in [7, 11) is 3.79. The summed E-state index contributed by atoms with van der Waals surface area (Å²) in [6.07, 6.45) is 5.13. The molecule has 0 atom stereocenters. The van der Waals surface area contributed by atoms with E-state index >= 15 is 0 Å². The molecule has 1 aromatic heterocycles. The zero-order valence-electron chi connectivity index (χ0n) is 16.1. The number of aromatic nitrogens is 1. The molecule has 6 heteroatoms. The molecule has 0 saturated heterocycles. The molecule has 2 heterocycles. The molecule has 1 saturated carbocycles. The maximum Gasteiger partial charge on any atom is 0.260 e. The zero-order chi connectivity index (χ0) is 19.1. The monoisotopic (exact) mass is 366 g/mol. The van der Waals surface area contributed by atoms with E-state index in [0.29, 0.717) is 11.6 Å². The summed E-state index contributed by atoms with van der Waals surface area (Å²) in [6, 6.07) is 8.17. The number of pyridine rings is 1. The van der Waals surface area contributed by atoms with Gasteiger partial charge in [-0.3, -0.25) is 4.79 Å². The number of aliphatic hydroxyl groups excluding tert-OH is 1. The summed E-state index contributed by atoms with van der Waals surface area (Å²) in [6.45, 7) is 2.03. The molecule has 142 valence electrons. The Kier molecular flexibility index (Phi) is 4.52. The second kappa shape index (κ2) is 6.85. The van der Waals surface area contributed by atoms with Crippen LogP contribution in [-0.2, 0) is 0 Å². The van der Waals surface area contributed by atoms with Crippen molar-refractivity contribution in [3.63, 3.8) is 0 Å². The first-order valence-corrected chi connectivity index (χ1v) is 9.51. The van der Waals surface area contributed by atoms with Crippen LogP contribution in [0.4, 0.5) is 22.9 Å². The molecule has 27 heavy (non-hydrogen) atoms. The number of carbonyl (C=O) groups excluding carboxylic acids is 1. The number of anilines is 4. The van der Waals surface area contributed by atoms with Gasteiger partial charge >= 0.3 is 0 Å². The summed E-state index contributed by atoms with van der Waals surface area (Å²) < 4.78 is 0. The molecule has 6 nitrogen and oxygen atoms in total. The van der Waals surface area contributed by atoms with Crippen molar-refractivity contribution in [1.29, 1.82) is 0 Å². The van der Waals surface area contributed by atoms with Gasteiger partial charge < -0.3 is 20.2 Å². The molecule has 2 aromatic rings. The number of nitrogens with one attached hydrogen (secondary N) is 1. The topological polar surface area (TPSA) is 68.7 Å². The van der Waals surface area contributed by atoms with E-state index in [-0.39, 0.29) is 12.0 Å². The van der Waals surface area contributed by atoms with E-state index in [1.165, 1.54) is 0 Å². The first-order valence-electron chi connectivity index (χ1n) is 9.51. The fourth-order valence-corrected chi connectivity index (χ4v) is 4.16. The molecule has 2 aliphatic rings. The molecule has 1 fully saturated rings. The van der Waals surface area contributed by atoms with Gasteiger partial charge in [-0.1, -0.05) is 12.1 Å². The van der Waals surface area contributed by atoms with Crippen LogP contribution in [0.2, 0.25) is 0 Å². The van der Waals surface area contributed by atoms with Crippen molar-refractivity contribution in [2.45, 2.75) is 44.8 Å². The predicted molar refractivity (Wildman–Crippen MR) is 108 cm³/mol. The van der Waals surface area contributed by atoms with Gasteiger partial charge in [-0.05, 0) is 44.2 Å². The number of aryl methyl sites for hydroxylation is 1. The number of hydrogen-bond acceptors (Lipinski definition) is 5. The highest BCUT2D eigenvalue weighted by Gasteiger charge is 2.29. The summed E-state index contributed by atoms with van der Waals surface area (Å²) >= 11 is 0. The fraction of sp³-hybridized carbons (Fsp3) is 0.429. The minimum atomic E-state index is -0.173. The molecular weight excluding hydrogens is 340 g/mol. The molecule has 1 aliphatic carbocycles. The first-order chi connectivity index (χ1) is 13.0. The quantitative estimate of drug-likeness (QED) is 0.852. The van der Waals surface area contributed by atoms with E-state index in [1.54, 1.807) is 18.1 Å². The maximum atomic E-state index is 13.0. The van der Waals surface area contributed by atoms with Crippen LogP contribution >= 0.6 is 0 Å². The summed E-state index contributed by atoms with van der Waals surface area (Å²) in [5, 5.41) is 13.2. The van der Waals surface area contributed by atoms with Crippen LogP contribution < -0.4 is 15.1 Å². The first kappa shape index (κ1) is 17.8. The van der Waals surface area contributed by atoms with Gasteiger partial charge in [0.15, 0.2) is 0 Å². The van der Waals surface area contributed by atoms with Crippen LogP contribution in [-0.4, -0.2) is 42.2 Å². The Morgan fingerprint density at radius 2 is 1.85 bits per heavy atom. The second-order valence-electron chi connectivity index (χ2n) is 7.60. The Bertz CT molecular complexity index is 874. The highest BCUT2D eigenvalue weighted by Crippen LogP contribution is 2.41. The van der Waals surface area contributed by atoms with Gasteiger partial charge in [0.05, 0.1) is 34.9 Å². The average molecular weight is 366 g/mol. The molecule has 1 aromatic carbocycles. The van der Waals surface area contributed by atoms with Crippen molar-refractivity contribution in [2.24, 2.45) is 0 Å². The highest BCUT2D eigenvalue weighted by molar-refractivity contribution is 6.14. The third-order valence-corrected chi connectivity index (χ3v) is 5.74. The predicted octanol–water partition coefficient (Wildman–Crippen LogP) is 3.46. The highest BCUT2D eigenvalue weighted by atomic mass is 16.3. The molecule has 1 aliphatic heterocycles. The van der Waals surface area contributed by atoms with E-state index in [1.807, 2.05) is 38.2 Å². The smallest absolute Gasteiger partial charge is 0.260 e. The van der Waals surface area contributed by atoms with Gasteiger partial charge in [-0.25, -0.2) is 4.98 Å². The third-order valence-electron chi connectivity index (χ3n) is 5.74. The lowest BCUT2D eigenvalue weighted by atomic mass is 9.93. The minimum Gasteiger partial charge on any atom is -0.393 e. The number of rotatable bonds is 2. The van der Waals surface area contributed by atoms with Gasteiger partial charge in [0.1, 0.15) is 5.82 Å². The Morgan fingerprint density at radius 1 is 1.11 bits per heavy atom. The van der Waals surface area contributed by atoms with Crippen molar-refractivity contribution in [2.75, 3.05) is 29.2 Å². The van der Waals surface area contributed by atoms with Crippen LogP contribution in [0.3, 0.4) is 0 Å². The summed E-state index contributed by atoms with van der Waals surface area (Å²) in [5.74, 6) is 0.781. The standard InChI is InChI=1S/C21H26N4O2/c1-13-5-4-6-16-20(13)24(2)17-11-19(22-12-18(17)25(3)21(16)27)23-14-7-9-15(26)10-8-14/h4-6,11-12,14-15,26H,7-10H2,1-3H3,(H,22,23). The van der Waals surface area contributed by atoms with Crippen molar-refractivity contribution in [3.8, 4) is 0 Å². The molecule has 4 rings (SSSR count). The SMILES string of the molecule is Cc1cccc2c1N(C)c1cc(NC3CCC(O)CC3)ncc1N(C)C2=O. The van der Waals surface area contributed by atoms with E-state index < -0.39 is 0 Å². The lowest BCUT2D eigenvalue weighted by Gasteiger charge is -2.28. The number of nitrogens with zero attached hydrogens (tertiary/aromatic N) is 3. The average Bonchev–Trinajstić information content (AvgIpc) is 2.74. The van der Waals surface area contributed by atoms with E-state index in [4.69, 9.17) is 0 Å². The van der Waals surface area contributed by atoms with E-state index in [2.05, 4.69) is 15.2 Å². The van der Waals surface area contributed by atoms with Crippen LogP contribution in [0.1, 0.15) is 41.6 Å². The maximum absolute atomic E-state index is 13.0. The molecule has 0 spiro atoms. The van der Waals surface area contributed by atoms with Crippen molar-refractivity contribution >= 4 is 28.8 Å². The lowest BCUT2D eigenvalue weighted by molar-refractivity contribution is 0.0994. The number of hydrogen-bond donors (Lipinski definition) is 2. The zero-order valence-corrected chi connectivity index (χ0v) is 16.1. The lowest BCUT2D eigenvalue weighted by Crippen LogP contribution is -2.29. The second-order valence-corrected chi connectivity index (χ2v) is 7.60.